The summed E-state index contributed by atoms with van der Waals surface area (Å²) in [7, 11) is 0. The maximum Gasteiger partial charge on any atom is 0.416 e. The van der Waals surface area contributed by atoms with Crippen molar-refractivity contribution in [1.82, 2.24) is 0 Å². The van der Waals surface area contributed by atoms with Gasteiger partial charge in [-0.3, -0.25) is 4.79 Å². The zero-order valence-corrected chi connectivity index (χ0v) is 20.4. The zero-order chi connectivity index (χ0) is 26.5. The summed E-state index contributed by atoms with van der Waals surface area (Å²) < 4.78 is 54.7. The predicted molar refractivity (Wildman–Crippen MR) is 124 cm³/mol. The van der Waals surface area contributed by atoms with E-state index in [0.29, 0.717) is 25.7 Å². The Kier molecular flexibility index (Phi) is 9.79. The number of halogens is 3. The van der Waals surface area contributed by atoms with Gasteiger partial charge >= 0.3 is 12.1 Å². The molecule has 7 atom stereocenters. The second-order valence-corrected chi connectivity index (χ2v) is 9.72. The second-order valence-electron chi connectivity index (χ2n) is 9.72. The molecule has 0 aromatic heterocycles. The van der Waals surface area contributed by atoms with E-state index in [1.165, 1.54) is 12.1 Å². The quantitative estimate of drug-likeness (QED) is 0.168. The third-order valence-corrected chi connectivity index (χ3v) is 6.51. The fourth-order valence-corrected chi connectivity index (χ4v) is 4.75. The van der Waals surface area contributed by atoms with Gasteiger partial charge in [-0.25, -0.2) is 0 Å². The lowest BCUT2D eigenvalue weighted by Gasteiger charge is -2.21. The Morgan fingerprint density at radius 3 is 2.67 bits per heavy atom. The Balaban J connectivity index is 1.46. The van der Waals surface area contributed by atoms with Gasteiger partial charge in [-0.05, 0) is 63.6 Å². The van der Waals surface area contributed by atoms with Crippen LogP contribution in [0.1, 0.15) is 51.5 Å². The zero-order valence-electron chi connectivity index (χ0n) is 20.4. The summed E-state index contributed by atoms with van der Waals surface area (Å²) in [6, 6.07) is 4.41. The number of allylic oxidation sites excluding steroid dienone is 2. The topological polar surface area (TPSA) is 109 Å². The lowest BCUT2D eigenvalue weighted by molar-refractivity contribution is -0.147. The first-order chi connectivity index (χ1) is 17.0. The summed E-state index contributed by atoms with van der Waals surface area (Å²) in [5.74, 6) is -0.911. The van der Waals surface area contributed by atoms with Gasteiger partial charge in [0, 0.05) is 12.3 Å². The van der Waals surface area contributed by atoms with Gasteiger partial charge in [0.1, 0.15) is 24.6 Å². The molecular formula is C26H35F3O7. The van der Waals surface area contributed by atoms with Crippen LogP contribution in [0.5, 0.6) is 5.75 Å². The third-order valence-electron chi connectivity index (χ3n) is 6.51. The van der Waals surface area contributed by atoms with E-state index < -0.39 is 42.3 Å². The number of rotatable bonds is 12. The summed E-state index contributed by atoms with van der Waals surface area (Å²) in [5, 5.41) is 31.4. The van der Waals surface area contributed by atoms with Crippen molar-refractivity contribution in [1.29, 1.82) is 0 Å². The fraction of sp³-hybridized carbons (Fsp3) is 0.654. The molecule has 2 fully saturated rings. The standard InChI is InChI=1S/C26H35F3O7/c1-15(2)35-22(33)11-6-4-3-5-10-18-19(30)13-20(31)23(18)25-24(36-25)21(32)14-34-17-9-7-8-16(12-17)26(27,28)29/h3,5,7-9,12,15,18-21,23-25,30-32H,4,6,10-11,13-14H2,1-2H3/b5-3-/t18-,19-,20+,21-,23+,24+,25-/m0/s1. The molecular weight excluding hydrogens is 481 g/mol. The largest absolute Gasteiger partial charge is 0.491 e. The summed E-state index contributed by atoms with van der Waals surface area (Å²) >= 11 is 0. The third kappa shape index (κ3) is 7.93. The van der Waals surface area contributed by atoms with E-state index in [1.807, 2.05) is 12.2 Å². The van der Waals surface area contributed by atoms with E-state index in [-0.39, 0.29) is 42.7 Å². The maximum atomic E-state index is 12.9. The normalized spacial score (nSPS) is 29.0. The number of alkyl halides is 3. The van der Waals surface area contributed by atoms with E-state index in [4.69, 9.17) is 14.2 Å². The molecule has 1 aliphatic heterocycles. The van der Waals surface area contributed by atoms with Gasteiger partial charge in [0.2, 0.25) is 0 Å². The van der Waals surface area contributed by atoms with E-state index in [0.717, 1.165) is 12.1 Å². The Hall–Kier alpha value is -2.14. The smallest absolute Gasteiger partial charge is 0.416 e. The molecule has 0 amide bonds. The number of benzene rings is 1. The summed E-state index contributed by atoms with van der Waals surface area (Å²) in [5.41, 5.74) is -0.843. The summed E-state index contributed by atoms with van der Waals surface area (Å²) in [6.45, 7) is 3.33. The highest BCUT2D eigenvalue weighted by atomic mass is 19.4. The van der Waals surface area contributed by atoms with Crippen LogP contribution in [-0.4, -0.2) is 64.5 Å². The molecule has 3 N–H and O–H groups in total. The van der Waals surface area contributed by atoms with Crippen molar-refractivity contribution >= 4 is 5.97 Å². The van der Waals surface area contributed by atoms with Crippen LogP contribution in [0.2, 0.25) is 0 Å². The van der Waals surface area contributed by atoms with Crippen LogP contribution >= 0.6 is 0 Å². The number of epoxide rings is 1. The molecule has 2 aliphatic rings. The van der Waals surface area contributed by atoms with Crippen molar-refractivity contribution in [2.75, 3.05) is 6.61 Å². The second kappa shape index (κ2) is 12.4. The van der Waals surface area contributed by atoms with E-state index in [2.05, 4.69) is 0 Å². The molecule has 1 aromatic carbocycles. The van der Waals surface area contributed by atoms with Gasteiger partial charge in [-0.15, -0.1) is 0 Å². The average molecular weight is 517 g/mol. The SMILES string of the molecule is CC(C)OC(=O)CCC/C=C\C[C@@H]1[C@@H]([C@@H]2O[C@@H]2[C@@H](O)COc2cccc(C(F)(F)F)c2)[C@H](O)C[C@@H]1O. The van der Waals surface area contributed by atoms with Crippen LogP contribution in [0.25, 0.3) is 0 Å². The number of unbranched alkanes of at least 4 members (excludes halogenated alkanes) is 1. The molecule has 0 bridgehead atoms. The van der Waals surface area contributed by atoms with Crippen molar-refractivity contribution in [3.05, 3.63) is 42.0 Å². The molecule has 1 heterocycles. The lowest BCUT2D eigenvalue weighted by Crippen LogP contribution is -2.32. The van der Waals surface area contributed by atoms with Crippen molar-refractivity contribution in [3.63, 3.8) is 0 Å². The number of aliphatic hydroxyl groups excluding tert-OH is 3. The Morgan fingerprint density at radius 2 is 1.97 bits per heavy atom. The minimum atomic E-state index is -4.49. The van der Waals surface area contributed by atoms with Gasteiger partial charge in [0.15, 0.2) is 0 Å². The van der Waals surface area contributed by atoms with Gasteiger partial charge in [0.25, 0.3) is 0 Å². The highest BCUT2D eigenvalue weighted by Crippen LogP contribution is 2.46. The van der Waals surface area contributed by atoms with E-state index >= 15 is 0 Å². The molecule has 1 saturated carbocycles. The predicted octanol–water partition coefficient (Wildman–Crippen LogP) is 3.64. The molecule has 0 radical (unpaired) electrons. The number of hydrogen-bond acceptors (Lipinski definition) is 7. The van der Waals surface area contributed by atoms with Crippen molar-refractivity contribution in [2.24, 2.45) is 11.8 Å². The first-order valence-electron chi connectivity index (χ1n) is 12.3. The number of hydrogen-bond donors (Lipinski definition) is 3. The van der Waals surface area contributed by atoms with Crippen LogP contribution in [0.15, 0.2) is 36.4 Å². The van der Waals surface area contributed by atoms with Crippen LogP contribution in [-0.2, 0) is 20.4 Å². The first-order valence-corrected chi connectivity index (χ1v) is 12.3. The molecule has 1 aliphatic carbocycles. The van der Waals surface area contributed by atoms with Crippen LogP contribution in [0, 0.1) is 11.8 Å². The van der Waals surface area contributed by atoms with E-state index in [9.17, 15) is 33.3 Å². The number of carbonyl (C=O) groups is 1. The highest BCUT2D eigenvalue weighted by molar-refractivity contribution is 5.69. The fourth-order valence-electron chi connectivity index (χ4n) is 4.75. The number of aliphatic hydroxyl groups is 3. The molecule has 202 valence electrons. The first kappa shape index (κ1) is 28.4. The average Bonchev–Trinajstić information content (AvgIpc) is 3.52. The number of ether oxygens (including phenoxy) is 3. The van der Waals surface area contributed by atoms with Crippen molar-refractivity contribution in [2.45, 2.75) is 88.8 Å². The minimum Gasteiger partial charge on any atom is -0.491 e. The van der Waals surface area contributed by atoms with Gasteiger partial charge in [-0.1, -0.05) is 18.2 Å². The van der Waals surface area contributed by atoms with Crippen molar-refractivity contribution < 1.29 is 47.5 Å². The molecule has 7 nitrogen and oxygen atoms in total. The number of esters is 1. The molecule has 10 heteroatoms. The minimum absolute atomic E-state index is 0.0159. The van der Waals surface area contributed by atoms with Gasteiger partial charge in [0.05, 0.1) is 30.0 Å². The monoisotopic (exact) mass is 516 g/mol. The molecule has 0 unspecified atom stereocenters. The van der Waals surface area contributed by atoms with Crippen molar-refractivity contribution in [3.8, 4) is 5.75 Å². The van der Waals surface area contributed by atoms with Gasteiger partial charge in [-0.2, -0.15) is 13.2 Å². The van der Waals surface area contributed by atoms with Crippen LogP contribution < -0.4 is 4.74 Å². The Bertz CT molecular complexity index is 889. The highest BCUT2D eigenvalue weighted by Gasteiger charge is 2.57. The van der Waals surface area contributed by atoms with Crippen LogP contribution in [0.4, 0.5) is 13.2 Å². The summed E-state index contributed by atoms with van der Waals surface area (Å²) in [6.07, 6.45) is -2.18. The molecule has 36 heavy (non-hydrogen) atoms. The Labute approximate surface area is 208 Å². The lowest BCUT2D eigenvalue weighted by atomic mass is 9.86. The molecule has 0 spiro atoms. The molecule has 1 saturated heterocycles. The van der Waals surface area contributed by atoms with E-state index in [1.54, 1.807) is 13.8 Å². The van der Waals surface area contributed by atoms with Gasteiger partial charge < -0.3 is 29.5 Å². The molecule has 3 rings (SSSR count). The Morgan fingerprint density at radius 1 is 1.22 bits per heavy atom. The van der Waals surface area contributed by atoms with Crippen LogP contribution in [0.3, 0.4) is 0 Å². The maximum absolute atomic E-state index is 12.9. The molecule has 1 aromatic rings. The number of carbonyl (C=O) groups excluding carboxylic acids is 1. The summed E-state index contributed by atoms with van der Waals surface area (Å²) in [4.78, 5) is 11.6.